The van der Waals surface area contributed by atoms with Crippen LogP contribution in [0.5, 0.6) is 0 Å². The molecule has 0 aliphatic heterocycles. The van der Waals surface area contributed by atoms with E-state index in [1.807, 2.05) is 18.2 Å². The van der Waals surface area contributed by atoms with Gasteiger partial charge in [-0.2, -0.15) is 10.5 Å². The van der Waals surface area contributed by atoms with E-state index in [4.69, 9.17) is 14.9 Å². The van der Waals surface area contributed by atoms with Crippen molar-refractivity contribution in [1.29, 1.82) is 10.5 Å². The Morgan fingerprint density at radius 2 is 1.80 bits per heavy atom. The Labute approximate surface area is 116 Å². The molecule has 0 N–H and O–H groups in total. The van der Waals surface area contributed by atoms with Crippen molar-refractivity contribution in [1.82, 2.24) is 0 Å². The second-order valence-corrected chi connectivity index (χ2v) is 4.35. The minimum Gasteiger partial charge on any atom is -0.469 e. The number of furan rings is 1. The minimum absolute atomic E-state index is 0.0727. The molecule has 1 aromatic carbocycles. The Kier molecular flexibility index (Phi) is 4.32. The number of hydrogen-bond donors (Lipinski definition) is 0. The summed E-state index contributed by atoms with van der Waals surface area (Å²) in [5.74, 6) is -1.08. The van der Waals surface area contributed by atoms with Crippen molar-refractivity contribution in [2.24, 2.45) is 5.92 Å². The summed E-state index contributed by atoms with van der Waals surface area (Å²) in [4.78, 5) is 12.2. The smallest absolute Gasteiger partial charge is 0.163 e. The number of carbonyl (C=O) groups excluding carboxylic acids is 1. The number of benzene rings is 1. The molecule has 1 atom stereocenters. The molecule has 1 unspecified atom stereocenters. The maximum atomic E-state index is 12.2. The van der Waals surface area contributed by atoms with Crippen molar-refractivity contribution in [3.8, 4) is 12.1 Å². The lowest BCUT2D eigenvalue weighted by Crippen LogP contribution is -2.14. The fourth-order valence-electron chi connectivity index (χ4n) is 2.04. The monoisotopic (exact) mass is 264 g/mol. The molecular formula is C16H12N2O2. The van der Waals surface area contributed by atoms with Crippen LogP contribution in [0.4, 0.5) is 0 Å². The van der Waals surface area contributed by atoms with E-state index >= 15 is 0 Å². The number of nitriles is 2. The van der Waals surface area contributed by atoms with Gasteiger partial charge in [-0.1, -0.05) is 30.3 Å². The Hall–Kier alpha value is -2.85. The van der Waals surface area contributed by atoms with Crippen molar-refractivity contribution < 1.29 is 9.21 Å². The Morgan fingerprint density at radius 1 is 1.10 bits per heavy atom. The van der Waals surface area contributed by atoms with Crippen LogP contribution in [0.3, 0.4) is 0 Å². The Balaban J connectivity index is 2.24. The van der Waals surface area contributed by atoms with Crippen LogP contribution in [0.15, 0.2) is 53.1 Å². The zero-order valence-corrected chi connectivity index (χ0v) is 10.7. The molecule has 0 saturated heterocycles. The Morgan fingerprint density at radius 3 is 2.35 bits per heavy atom. The normalized spacial score (nSPS) is 11.6. The quantitative estimate of drug-likeness (QED) is 0.776. The summed E-state index contributed by atoms with van der Waals surface area (Å²) in [6.07, 6.45) is 1.55. The van der Waals surface area contributed by atoms with Crippen LogP contribution in [-0.2, 0) is 0 Å². The van der Waals surface area contributed by atoms with E-state index in [9.17, 15) is 4.79 Å². The summed E-state index contributed by atoms with van der Waals surface area (Å²) in [6, 6.07) is 16.0. The molecule has 0 spiro atoms. The molecule has 98 valence electrons. The average Bonchev–Trinajstić information content (AvgIpc) is 3.02. The van der Waals surface area contributed by atoms with Crippen LogP contribution >= 0.6 is 0 Å². The van der Waals surface area contributed by atoms with Gasteiger partial charge in [-0.05, 0) is 12.1 Å². The van der Waals surface area contributed by atoms with Gasteiger partial charge in [-0.3, -0.25) is 4.79 Å². The number of ketones is 1. The van der Waals surface area contributed by atoms with Gasteiger partial charge in [0.05, 0.1) is 24.3 Å². The zero-order valence-electron chi connectivity index (χ0n) is 10.7. The van der Waals surface area contributed by atoms with Crippen molar-refractivity contribution in [2.75, 3.05) is 0 Å². The summed E-state index contributed by atoms with van der Waals surface area (Å²) in [6.45, 7) is 0. The molecule has 1 aromatic heterocycles. The second-order valence-electron chi connectivity index (χ2n) is 4.35. The molecule has 4 heteroatoms. The molecule has 0 aliphatic rings. The molecule has 2 rings (SSSR count). The predicted molar refractivity (Wildman–Crippen MR) is 71.6 cm³/mol. The first-order valence-electron chi connectivity index (χ1n) is 6.17. The molecule has 0 aliphatic carbocycles. The summed E-state index contributed by atoms with van der Waals surface area (Å²) in [5, 5.41) is 18.1. The molecule has 0 bridgehead atoms. The molecule has 0 amide bonds. The standard InChI is InChI=1S/C16H12N2O2/c17-10-13(11-18)14(16-7-4-8-20-16)9-15(19)12-5-2-1-3-6-12/h1-8,13-14H,9H2. The van der Waals surface area contributed by atoms with Gasteiger partial charge >= 0.3 is 0 Å². The highest BCUT2D eigenvalue weighted by Gasteiger charge is 2.28. The minimum atomic E-state index is -0.909. The van der Waals surface area contributed by atoms with E-state index < -0.39 is 11.8 Å². The second kappa shape index (κ2) is 6.36. The zero-order chi connectivity index (χ0) is 14.4. The third kappa shape index (κ3) is 2.93. The van der Waals surface area contributed by atoms with E-state index in [0.717, 1.165) is 0 Å². The van der Waals surface area contributed by atoms with Gasteiger partial charge in [-0.25, -0.2) is 0 Å². The largest absolute Gasteiger partial charge is 0.469 e. The van der Waals surface area contributed by atoms with E-state index in [2.05, 4.69) is 0 Å². The van der Waals surface area contributed by atoms with Gasteiger partial charge in [0.15, 0.2) is 5.78 Å². The van der Waals surface area contributed by atoms with Crippen molar-refractivity contribution >= 4 is 5.78 Å². The lowest BCUT2D eigenvalue weighted by molar-refractivity contribution is 0.0967. The Bertz CT molecular complexity index is 634. The van der Waals surface area contributed by atoms with E-state index in [-0.39, 0.29) is 12.2 Å². The van der Waals surface area contributed by atoms with Crippen LogP contribution in [0, 0.1) is 28.6 Å². The summed E-state index contributed by atoms with van der Waals surface area (Å²) >= 11 is 0. The average molecular weight is 264 g/mol. The van der Waals surface area contributed by atoms with Crippen LogP contribution in [0.25, 0.3) is 0 Å². The highest BCUT2D eigenvalue weighted by molar-refractivity contribution is 5.96. The maximum absolute atomic E-state index is 12.2. The topological polar surface area (TPSA) is 77.8 Å². The molecule has 0 radical (unpaired) electrons. The number of nitrogens with zero attached hydrogens (tertiary/aromatic N) is 2. The molecule has 4 nitrogen and oxygen atoms in total. The highest BCUT2D eigenvalue weighted by Crippen LogP contribution is 2.29. The summed E-state index contributed by atoms with van der Waals surface area (Å²) in [5.41, 5.74) is 0.568. The van der Waals surface area contributed by atoms with Crippen LogP contribution < -0.4 is 0 Å². The van der Waals surface area contributed by atoms with E-state index in [0.29, 0.717) is 11.3 Å². The van der Waals surface area contributed by atoms with Crippen LogP contribution in [-0.4, -0.2) is 5.78 Å². The van der Waals surface area contributed by atoms with Crippen molar-refractivity contribution in [3.63, 3.8) is 0 Å². The molecule has 0 fully saturated rings. The van der Waals surface area contributed by atoms with E-state index in [1.165, 1.54) is 6.26 Å². The van der Waals surface area contributed by atoms with Crippen LogP contribution in [0.1, 0.15) is 28.5 Å². The fraction of sp³-hybridized carbons (Fsp3) is 0.188. The van der Waals surface area contributed by atoms with Gasteiger partial charge in [0.1, 0.15) is 11.7 Å². The van der Waals surface area contributed by atoms with Gasteiger partial charge < -0.3 is 4.42 Å². The van der Waals surface area contributed by atoms with E-state index in [1.54, 1.807) is 36.4 Å². The SMILES string of the molecule is N#CC(C#N)C(CC(=O)c1ccccc1)c1ccco1. The summed E-state index contributed by atoms with van der Waals surface area (Å²) < 4.78 is 5.26. The van der Waals surface area contributed by atoms with Gasteiger partial charge in [0, 0.05) is 12.0 Å². The molecule has 2 aromatic rings. The van der Waals surface area contributed by atoms with Gasteiger partial charge in [-0.15, -0.1) is 0 Å². The first-order chi connectivity index (χ1) is 9.76. The third-order valence-electron chi connectivity index (χ3n) is 3.09. The number of hydrogen-bond acceptors (Lipinski definition) is 4. The molecule has 0 saturated carbocycles. The lowest BCUT2D eigenvalue weighted by atomic mass is 9.86. The predicted octanol–water partition coefficient (Wildman–Crippen LogP) is 3.30. The lowest BCUT2D eigenvalue weighted by Gasteiger charge is -2.14. The number of Topliss-reactive ketones (excluding diaryl/α,β-unsaturated/α-hetero) is 1. The first kappa shape index (κ1) is 13.6. The highest BCUT2D eigenvalue weighted by atomic mass is 16.3. The molecule has 20 heavy (non-hydrogen) atoms. The van der Waals surface area contributed by atoms with Gasteiger partial charge in [0.2, 0.25) is 0 Å². The number of carbonyl (C=O) groups is 1. The summed E-state index contributed by atoms with van der Waals surface area (Å²) in [7, 11) is 0. The molecular weight excluding hydrogens is 252 g/mol. The fourth-order valence-corrected chi connectivity index (χ4v) is 2.04. The van der Waals surface area contributed by atoms with Gasteiger partial charge in [0.25, 0.3) is 0 Å². The first-order valence-corrected chi connectivity index (χ1v) is 6.17. The van der Waals surface area contributed by atoms with Crippen molar-refractivity contribution in [2.45, 2.75) is 12.3 Å². The van der Waals surface area contributed by atoms with Crippen molar-refractivity contribution in [3.05, 3.63) is 60.1 Å². The molecule has 1 heterocycles. The number of rotatable bonds is 5. The van der Waals surface area contributed by atoms with Crippen LogP contribution in [0.2, 0.25) is 0 Å². The third-order valence-corrected chi connectivity index (χ3v) is 3.09. The maximum Gasteiger partial charge on any atom is 0.163 e.